The molecule has 0 aromatic heterocycles. The van der Waals surface area contributed by atoms with Crippen molar-refractivity contribution in [1.82, 2.24) is 0 Å². The summed E-state index contributed by atoms with van der Waals surface area (Å²) in [7, 11) is -10.0. The average Bonchev–Trinajstić information content (AvgIpc) is 1.43. The molecule has 0 aromatic rings. The van der Waals surface area contributed by atoms with E-state index in [1.165, 1.54) is 0 Å². The summed E-state index contributed by atoms with van der Waals surface area (Å²) in [6.45, 7) is 0. The van der Waals surface area contributed by atoms with Gasteiger partial charge in [-0.1, -0.05) is 0 Å². The molecular weight excluding hydrogens is 301 g/mol. The first-order chi connectivity index (χ1) is 5.41. The molecule has 0 amide bonds. The predicted molar refractivity (Wildman–Crippen MR) is 56.3 cm³/mol. The summed E-state index contributed by atoms with van der Waals surface area (Å²) in [4.78, 5) is 25.0. The van der Waals surface area contributed by atoms with E-state index < -0.39 is 20.3 Å². The smallest absolute Gasteiger partial charge is 0.302 e. The fraction of sp³-hybridized carbons (Fsp3) is 0. The predicted octanol–water partition coefficient (Wildman–Crippen LogP) is 1.30. The van der Waals surface area contributed by atoms with E-state index in [0.29, 0.717) is 0 Å². The van der Waals surface area contributed by atoms with Crippen molar-refractivity contribution in [3.05, 3.63) is 0 Å². The Morgan fingerprint density at radius 3 is 1.69 bits per heavy atom. The van der Waals surface area contributed by atoms with Gasteiger partial charge in [0.2, 0.25) is 0 Å². The van der Waals surface area contributed by atoms with E-state index >= 15 is 0 Å². The minimum Gasteiger partial charge on any atom is -0.302 e. The maximum atomic E-state index is 10.7. The van der Waals surface area contributed by atoms with Gasteiger partial charge in [0.15, 0.2) is 4.67 Å². The second-order valence-corrected chi connectivity index (χ2v) is 13.3. The third-order valence-electron chi connectivity index (χ3n) is 0.419. The molecule has 80 valence electrons. The Morgan fingerprint density at radius 1 is 1.08 bits per heavy atom. The largest absolute Gasteiger partial charge is 0.486 e. The van der Waals surface area contributed by atoms with Crippen LogP contribution in [0.2, 0.25) is 0 Å². The zero-order valence-electron chi connectivity index (χ0n) is 5.62. The average molecular weight is 306 g/mol. The highest BCUT2D eigenvalue weighted by Crippen LogP contribution is 2.71. The van der Waals surface area contributed by atoms with Gasteiger partial charge in [-0.2, -0.15) is 4.31 Å². The van der Waals surface area contributed by atoms with E-state index in [-0.39, 0.29) is 0 Å². The van der Waals surface area contributed by atoms with Crippen LogP contribution in [0.3, 0.4) is 0 Å². The van der Waals surface area contributed by atoms with Crippen molar-refractivity contribution in [1.29, 1.82) is 0 Å². The van der Waals surface area contributed by atoms with E-state index in [9.17, 15) is 9.13 Å². The maximum absolute atomic E-state index is 10.7. The molecule has 13 heteroatoms. The third kappa shape index (κ3) is 9.90. The molecule has 0 heterocycles. The molecule has 1 atom stereocenters. The van der Waals surface area contributed by atoms with Gasteiger partial charge in [0.1, 0.15) is 0 Å². The second-order valence-electron chi connectivity index (χ2n) is 1.61. The summed E-state index contributed by atoms with van der Waals surface area (Å²) in [5, 5.41) is 0. The first kappa shape index (κ1) is 14.6. The molecule has 0 saturated heterocycles. The lowest BCUT2D eigenvalue weighted by molar-refractivity contribution is 0.235. The first-order valence-corrected chi connectivity index (χ1v) is 10.3. The summed E-state index contributed by atoms with van der Waals surface area (Å²) >= 11 is 11.4. The molecule has 0 aliphatic rings. The van der Waals surface area contributed by atoms with Gasteiger partial charge < -0.3 is 14.7 Å². The quantitative estimate of drug-likeness (QED) is 0.390. The lowest BCUT2D eigenvalue weighted by Crippen LogP contribution is -1.88. The van der Waals surface area contributed by atoms with Gasteiger partial charge in [-0.15, -0.1) is 24.5 Å². The molecular formula is H5O7P3S3. The van der Waals surface area contributed by atoms with E-state index in [4.69, 9.17) is 14.7 Å². The lowest BCUT2D eigenvalue weighted by Gasteiger charge is -2.15. The zero-order chi connectivity index (χ0) is 10.9. The van der Waals surface area contributed by atoms with Gasteiger partial charge in [-0.3, -0.25) is 0 Å². The first-order valence-electron chi connectivity index (χ1n) is 2.28. The molecule has 0 bridgehead atoms. The van der Waals surface area contributed by atoms with Crippen LogP contribution in [0.5, 0.6) is 0 Å². The lowest BCUT2D eigenvalue weighted by atomic mass is 15.7. The van der Waals surface area contributed by atoms with Crippen molar-refractivity contribution < 1.29 is 32.4 Å². The highest BCUT2D eigenvalue weighted by Gasteiger charge is 2.35. The van der Waals surface area contributed by atoms with Gasteiger partial charge in [-0.05, 0) is 11.8 Å². The van der Waals surface area contributed by atoms with E-state index in [1.807, 2.05) is 0 Å². The summed E-state index contributed by atoms with van der Waals surface area (Å²) in [6.07, 6.45) is 0. The molecule has 0 spiro atoms. The summed E-state index contributed by atoms with van der Waals surface area (Å²) < 4.78 is 25.2. The maximum Gasteiger partial charge on any atom is 0.486 e. The van der Waals surface area contributed by atoms with Crippen LogP contribution in [0.1, 0.15) is 0 Å². The van der Waals surface area contributed by atoms with Crippen LogP contribution in [0, 0.1) is 0 Å². The van der Waals surface area contributed by atoms with Crippen LogP contribution in [-0.4, -0.2) is 14.7 Å². The van der Waals surface area contributed by atoms with Crippen molar-refractivity contribution in [3.63, 3.8) is 0 Å². The molecule has 13 heavy (non-hydrogen) atoms. The molecule has 7 nitrogen and oxygen atoms in total. The molecule has 1 unspecified atom stereocenters. The van der Waals surface area contributed by atoms with Gasteiger partial charge in [0.05, 0.1) is 0 Å². The Morgan fingerprint density at radius 2 is 1.46 bits per heavy atom. The Balaban J connectivity index is 4.54. The zero-order valence-corrected chi connectivity index (χ0v) is 10.9. The molecule has 0 aliphatic heterocycles. The van der Waals surface area contributed by atoms with Crippen molar-refractivity contribution in [2.24, 2.45) is 0 Å². The molecule has 0 fully saturated rings. The number of thiol groups is 2. The van der Waals surface area contributed by atoms with Crippen molar-refractivity contribution in [3.8, 4) is 0 Å². The minimum absolute atomic E-state index is 3.13. The van der Waals surface area contributed by atoms with Gasteiger partial charge in [0, 0.05) is 0 Å². The highest BCUT2D eigenvalue weighted by atomic mass is 33.2. The third-order valence-corrected chi connectivity index (χ3v) is 5.69. The van der Waals surface area contributed by atoms with Crippen LogP contribution in [0.15, 0.2) is 0 Å². The second kappa shape index (κ2) is 4.63. The Bertz CT molecular complexity index is 281. The minimum atomic E-state index is -5.11. The summed E-state index contributed by atoms with van der Waals surface area (Å²) in [5.41, 5.74) is 0. The molecule has 0 rings (SSSR count). The topological polar surface area (TPSA) is 113 Å². The monoisotopic (exact) mass is 306 g/mol. The molecule has 0 radical (unpaired) electrons. The summed E-state index contributed by atoms with van der Waals surface area (Å²) in [6, 6.07) is 0. The molecule has 3 N–H and O–H groups in total. The van der Waals surface area contributed by atoms with Crippen molar-refractivity contribution in [2.75, 3.05) is 0 Å². The fourth-order valence-corrected chi connectivity index (χ4v) is 5.24. The molecule has 0 aromatic carbocycles. The SMILES string of the molecule is O=P(O)(O)OP(=O)(O)OP(=S)(S)S. The fourth-order valence-electron chi connectivity index (χ4n) is 0.284. The van der Waals surface area contributed by atoms with Crippen molar-refractivity contribution >= 4 is 56.6 Å². The number of phosphoric acid groups is 2. The van der Waals surface area contributed by atoms with Crippen molar-refractivity contribution in [2.45, 2.75) is 0 Å². The molecule has 0 aliphatic carbocycles. The highest BCUT2D eigenvalue weighted by molar-refractivity contribution is 8.91. The van der Waals surface area contributed by atoms with Gasteiger partial charge >= 0.3 is 15.6 Å². The van der Waals surface area contributed by atoms with Crippen LogP contribution >= 0.6 is 44.8 Å². The van der Waals surface area contributed by atoms with E-state index in [1.54, 1.807) is 0 Å². The van der Waals surface area contributed by atoms with E-state index in [2.05, 4.69) is 44.9 Å². The number of hydrogen-bond donors (Lipinski definition) is 5. The Kier molecular flexibility index (Phi) is 5.21. The Hall–Kier alpha value is 1.61. The molecule has 0 saturated carbocycles. The van der Waals surface area contributed by atoms with Crippen LogP contribution in [-0.2, 0) is 29.6 Å². The standard InChI is InChI=1S/H5O7P3S3/c1-8(2,3)6-9(4,5)7-10(11,12)13/h(H,4,5)(H2,1,2,3)(H2,11,12,13). The number of hydrogen-bond acceptors (Lipinski definition) is 5. The van der Waals surface area contributed by atoms with E-state index in [0.717, 1.165) is 0 Å². The van der Waals surface area contributed by atoms with Crippen LogP contribution in [0.25, 0.3) is 0 Å². The van der Waals surface area contributed by atoms with Crippen LogP contribution < -0.4 is 0 Å². The Labute approximate surface area is 89.1 Å². The number of rotatable bonds is 4. The summed E-state index contributed by atoms with van der Waals surface area (Å²) in [5.74, 6) is 0. The van der Waals surface area contributed by atoms with Crippen LogP contribution in [0.4, 0.5) is 0 Å². The normalized spacial score (nSPS) is 18.2. The van der Waals surface area contributed by atoms with Gasteiger partial charge in [0.25, 0.3) is 0 Å². The van der Waals surface area contributed by atoms with Gasteiger partial charge in [-0.25, -0.2) is 13.4 Å².